The van der Waals surface area contributed by atoms with Gasteiger partial charge in [0.2, 0.25) is 0 Å². The Morgan fingerprint density at radius 2 is 1.55 bits per heavy atom. The van der Waals surface area contributed by atoms with Crippen LogP contribution in [0, 0.1) is 26.6 Å². The van der Waals surface area contributed by atoms with E-state index >= 15 is 0 Å². The first kappa shape index (κ1) is 14.7. The molecule has 20 heavy (non-hydrogen) atoms. The van der Waals surface area contributed by atoms with E-state index in [1.165, 1.54) is 22.8 Å². The normalized spacial score (nSPS) is 12.5. The first-order valence-corrected chi connectivity index (χ1v) is 6.99. The van der Waals surface area contributed by atoms with Crippen LogP contribution in [0.3, 0.4) is 0 Å². The molecule has 106 valence electrons. The van der Waals surface area contributed by atoms with Gasteiger partial charge in [-0.05, 0) is 80.3 Å². The summed E-state index contributed by atoms with van der Waals surface area (Å²) in [6, 6.07) is 9.56. The topological polar surface area (TPSA) is 12.0 Å². The van der Waals surface area contributed by atoms with Gasteiger partial charge in [-0.25, -0.2) is 4.39 Å². The van der Waals surface area contributed by atoms with Crippen LogP contribution in [0.15, 0.2) is 30.3 Å². The molecule has 0 saturated carbocycles. The van der Waals surface area contributed by atoms with Gasteiger partial charge in [0.1, 0.15) is 5.82 Å². The predicted octanol–water partition coefficient (Wildman–Crippen LogP) is 4.70. The molecule has 0 spiro atoms. The van der Waals surface area contributed by atoms with Crippen LogP contribution >= 0.6 is 0 Å². The molecule has 0 radical (unpaired) electrons. The molecule has 2 aromatic carbocycles. The third kappa shape index (κ3) is 2.75. The van der Waals surface area contributed by atoms with E-state index in [1.807, 2.05) is 13.1 Å². The SMILES string of the molecule is CNC(C)c1ccc(F)cc1-c1cc(C)c(C)cc1C. The van der Waals surface area contributed by atoms with Crippen molar-refractivity contribution in [2.75, 3.05) is 7.05 Å². The van der Waals surface area contributed by atoms with Crippen LogP contribution in [0.2, 0.25) is 0 Å². The molecule has 0 aliphatic heterocycles. The van der Waals surface area contributed by atoms with Crippen molar-refractivity contribution in [3.63, 3.8) is 0 Å². The van der Waals surface area contributed by atoms with Gasteiger partial charge < -0.3 is 5.32 Å². The molecule has 0 heterocycles. The minimum atomic E-state index is -0.190. The Hall–Kier alpha value is -1.67. The highest BCUT2D eigenvalue weighted by Crippen LogP contribution is 2.32. The van der Waals surface area contributed by atoms with Gasteiger partial charge in [0.25, 0.3) is 0 Å². The van der Waals surface area contributed by atoms with Crippen LogP contribution < -0.4 is 5.32 Å². The number of rotatable bonds is 3. The lowest BCUT2D eigenvalue weighted by Gasteiger charge is -2.18. The molecule has 0 fully saturated rings. The maximum atomic E-state index is 13.7. The van der Waals surface area contributed by atoms with Gasteiger partial charge >= 0.3 is 0 Å². The van der Waals surface area contributed by atoms with E-state index in [-0.39, 0.29) is 11.9 Å². The van der Waals surface area contributed by atoms with E-state index in [2.05, 4.69) is 45.1 Å². The largest absolute Gasteiger partial charge is 0.313 e. The van der Waals surface area contributed by atoms with Gasteiger partial charge in [0.15, 0.2) is 0 Å². The Labute approximate surface area is 120 Å². The van der Waals surface area contributed by atoms with Crippen molar-refractivity contribution in [1.29, 1.82) is 0 Å². The van der Waals surface area contributed by atoms with Gasteiger partial charge in [0, 0.05) is 6.04 Å². The molecule has 0 saturated heterocycles. The first-order valence-electron chi connectivity index (χ1n) is 6.99. The second-order valence-electron chi connectivity index (χ2n) is 5.49. The zero-order chi connectivity index (χ0) is 14.9. The highest BCUT2D eigenvalue weighted by atomic mass is 19.1. The van der Waals surface area contributed by atoms with Crippen molar-refractivity contribution in [3.8, 4) is 11.1 Å². The molecular weight excluding hydrogens is 249 g/mol. The molecule has 0 amide bonds. The lowest BCUT2D eigenvalue weighted by Crippen LogP contribution is -2.13. The summed E-state index contributed by atoms with van der Waals surface area (Å²) in [4.78, 5) is 0. The summed E-state index contributed by atoms with van der Waals surface area (Å²) >= 11 is 0. The molecule has 0 aromatic heterocycles. The number of hydrogen-bond acceptors (Lipinski definition) is 1. The van der Waals surface area contributed by atoms with Crippen LogP contribution in [-0.4, -0.2) is 7.05 Å². The molecule has 1 unspecified atom stereocenters. The summed E-state index contributed by atoms with van der Waals surface area (Å²) in [5.74, 6) is -0.190. The van der Waals surface area contributed by atoms with Crippen LogP contribution in [0.5, 0.6) is 0 Å². The van der Waals surface area contributed by atoms with E-state index in [1.54, 1.807) is 6.07 Å². The Bertz CT molecular complexity index is 632. The standard InChI is InChI=1S/C18H22FN/c1-11-8-13(3)17(9-12(11)2)18-10-15(19)6-7-16(18)14(4)20-5/h6-10,14,20H,1-5H3. The smallest absolute Gasteiger partial charge is 0.123 e. The zero-order valence-electron chi connectivity index (χ0n) is 12.8. The predicted molar refractivity (Wildman–Crippen MR) is 83.5 cm³/mol. The third-order valence-corrected chi connectivity index (χ3v) is 4.05. The fraction of sp³-hybridized carbons (Fsp3) is 0.333. The molecule has 1 nitrogen and oxygen atoms in total. The number of halogens is 1. The van der Waals surface area contributed by atoms with Crippen LogP contribution in [0.25, 0.3) is 11.1 Å². The summed E-state index contributed by atoms with van der Waals surface area (Å²) in [7, 11) is 1.92. The Morgan fingerprint density at radius 1 is 0.900 bits per heavy atom. The highest BCUT2D eigenvalue weighted by Gasteiger charge is 2.14. The lowest BCUT2D eigenvalue weighted by atomic mass is 9.90. The third-order valence-electron chi connectivity index (χ3n) is 4.05. The molecule has 0 aliphatic carbocycles. The maximum Gasteiger partial charge on any atom is 0.123 e. The number of nitrogens with one attached hydrogen (secondary N) is 1. The van der Waals surface area contributed by atoms with Crippen LogP contribution in [0.4, 0.5) is 4.39 Å². The molecular formula is C18H22FN. The van der Waals surface area contributed by atoms with E-state index in [9.17, 15) is 4.39 Å². The van der Waals surface area contributed by atoms with E-state index in [4.69, 9.17) is 0 Å². The average molecular weight is 271 g/mol. The molecule has 1 N–H and O–H groups in total. The van der Waals surface area contributed by atoms with Crippen molar-refractivity contribution in [2.24, 2.45) is 0 Å². The monoisotopic (exact) mass is 271 g/mol. The van der Waals surface area contributed by atoms with Crippen molar-refractivity contribution in [1.82, 2.24) is 5.32 Å². The molecule has 2 heteroatoms. The van der Waals surface area contributed by atoms with Crippen molar-refractivity contribution in [3.05, 3.63) is 58.4 Å². The lowest BCUT2D eigenvalue weighted by molar-refractivity contribution is 0.620. The first-order chi connectivity index (χ1) is 9.43. The molecule has 2 aromatic rings. The Morgan fingerprint density at radius 3 is 2.20 bits per heavy atom. The molecule has 0 bridgehead atoms. The minimum Gasteiger partial charge on any atom is -0.313 e. The minimum absolute atomic E-state index is 0.187. The van der Waals surface area contributed by atoms with E-state index in [0.29, 0.717) is 0 Å². The van der Waals surface area contributed by atoms with Crippen molar-refractivity contribution >= 4 is 0 Å². The van der Waals surface area contributed by atoms with Gasteiger partial charge in [-0.1, -0.05) is 18.2 Å². The van der Waals surface area contributed by atoms with Gasteiger partial charge in [-0.2, -0.15) is 0 Å². The zero-order valence-corrected chi connectivity index (χ0v) is 12.8. The van der Waals surface area contributed by atoms with Crippen molar-refractivity contribution < 1.29 is 4.39 Å². The van der Waals surface area contributed by atoms with Crippen LogP contribution in [0.1, 0.15) is 35.2 Å². The fourth-order valence-corrected chi connectivity index (χ4v) is 2.55. The van der Waals surface area contributed by atoms with E-state index < -0.39 is 0 Å². The summed E-state index contributed by atoms with van der Waals surface area (Å²) < 4.78 is 13.7. The highest BCUT2D eigenvalue weighted by molar-refractivity contribution is 5.72. The Balaban J connectivity index is 2.68. The van der Waals surface area contributed by atoms with Gasteiger partial charge in [0.05, 0.1) is 0 Å². The average Bonchev–Trinajstić information content (AvgIpc) is 2.42. The number of aryl methyl sites for hydroxylation is 3. The summed E-state index contributed by atoms with van der Waals surface area (Å²) in [5.41, 5.74) is 6.91. The second kappa shape index (κ2) is 5.76. The van der Waals surface area contributed by atoms with Crippen molar-refractivity contribution in [2.45, 2.75) is 33.7 Å². The van der Waals surface area contributed by atoms with Gasteiger partial charge in [-0.3, -0.25) is 0 Å². The number of hydrogen-bond donors (Lipinski definition) is 1. The quantitative estimate of drug-likeness (QED) is 0.853. The van der Waals surface area contributed by atoms with Gasteiger partial charge in [-0.15, -0.1) is 0 Å². The summed E-state index contributed by atoms with van der Waals surface area (Å²) in [6.07, 6.45) is 0. The number of benzene rings is 2. The fourth-order valence-electron chi connectivity index (χ4n) is 2.55. The van der Waals surface area contributed by atoms with E-state index in [0.717, 1.165) is 16.7 Å². The maximum absolute atomic E-state index is 13.7. The molecule has 2 rings (SSSR count). The molecule has 1 atom stereocenters. The summed E-state index contributed by atoms with van der Waals surface area (Å²) in [5, 5.41) is 3.23. The van der Waals surface area contributed by atoms with Crippen LogP contribution in [-0.2, 0) is 0 Å². The second-order valence-corrected chi connectivity index (χ2v) is 5.49. The summed E-state index contributed by atoms with van der Waals surface area (Å²) in [6.45, 7) is 8.38. The Kier molecular flexibility index (Phi) is 4.24. The molecule has 0 aliphatic rings.